The van der Waals surface area contributed by atoms with Gasteiger partial charge in [0.05, 0.1) is 0 Å². The molecule has 0 bridgehead atoms. The topological polar surface area (TPSA) is 23.5 Å². The van der Waals surface area contributed by atoms with Crippen molar-refractivity contribution in [2.75, 3.05) is 25.4 Å². The maximum absolute atomic E-state index is 8.89. The molecule has 0 atom stereocenters. The highest BCUT2D eigenvalue weighted by Crippen LogP contribution is 2.18. The van der Waals surface area contributed by atoms with Crippen LogP contribution in [-0.4, -0.2) is 41.5 Å². The molecular weight excluding hydrogens is 242 g/mol. The van der Waals surface area contributed by atoms with Crippen molar-refractivity contribution in [1.29, 1.82) is 0 Å². The lowest BCUT2D eigenvalue weighted by atomic mass is 10.2. The van der Waals surface area contributed by atoms with Gasteiger partial charge in [0, 0.05) is 36.4 Å². The fourth-order valence-electron chi connectivity index (χ4n) is 1.82. The molecule has 0 aromatic heterocycles. The second-order valence-corrected chi connectivity index (χ2v) is 6.04. The number of rotatable bonds is 8. The fourth-order valence-corrected chi connectivity index (χ4v) is 2.71. The molecule has 0 aliphatic carbocycles. The Balaban J connectivity index is 2.31. The predicted molar refractivity (Wildman–Crippen MR) is 80.3 cm³/mol. The predicted octanol–water partition coefficient (Wildman–Crippen LogP) is 3.18. The maximum atomic E-state index is 8.89. The Morgan fingerprint density at radius 1 is 1.17 bits per heavy atom. The minimum atomic E-state index is 0.286. The van der Waals surface area contributed by atoms with E-state index in [1.165, 1.54) is 10.5 Å². The van der Waals surface area contributed by atoms with E-state index in [4.69, 9.17) is 5.11 Å². The monoisotopic (exact) mass is 267 g/mol. The third-order valence-electron chi connectivity index (χ3n) is 3.00. The molecule has 0 radical (unpaired) electrons. The van der Waals surface area contributed by atoms with Crippen LogP contribution in [0.25, 0.3) is 0 Å². The Morgan fingerprint density at radius 3 is 2.39 bits per heavy atom. The Morgan fingerprint density at radius 2 is 1.83 bits per heavy atom. The van der Waals surface area contributed by atoms with Gasteiger partial charge in [-0.1, -0.05) is 17.7 Å². The van der Waals surface area contributed by atoms with Gasteiger partial charge in [0.25, 0.3) is 0 Å². The van der Waals surface area contributed by atoms with Gasteiger partial charge in [-0.2, -0.15) is 0 Å². The van der Waals surface area contributed by atoms with E-state index in [0.29, 0.717) is 6.04 Å². The first-order valence-corrected chi connectivity index (χ1v) is 7.66. The average molecular weight is 267 g/mol. The molecular formula is C15H25NOS. The van der Waals surface area contributed by atoms with Crippen LogP contribution < -0.4 is 0 Å². The summed E-state index contributed by atoms with van der Waals surface area (Å²) in [5, 5.41) is 8.89. The van der Waals surface area contributed by atoms with Gasteiger partial charge in [-0.3, -0.25) is 0 Å². The highest BCUT2D eigenvalue weighted by Gasteiger charge is 2.08. The second-order valence-electron chi connectivity index (χ2n) is 4.87. The molecule has 102 valence electrons. The molecule has 18 heavy (non-hydrogen) atoms. The zero-order chi connectivity index (χ0) is 13.4. The highest BCUT2D eigenvalue weighted by molar-refractivity contribution is 7.99. The molecule has 3 heteroatoms. The molecule has 0 saturated heterocycles. The largest absolute Gasteiger partial charge is 0.396 e. The van der Waals surface area contributed by atoms with Crippen molar-refractivity contribution in [3.05, 3.63) is 29.8 Å². The SMILES string of the molecule is Cc1ccc(SCCN(CCCO)C(C)C)cc1. The quantitative estimate of drug-likeness (QED) is 0.732. The summed E-state index contributed by atoms with van der Waals surface area (Å²) in [6, 6.07) is 9.25. The number of aliphatic hydroxyl groups excluding tert-OH is 1. The number of hydrogen-bond acceptors (Lipinski definition) is 3. The average Bonchev–Trinajstić information content (AvgIpc) is 2.35. The number of aliphatic hydroxyl groups is 1. The molecule has 0 unspecified atom stereocenters. The van der Waals surface area contributed by atoms with Crippen molar-refractivity contribution in [3.63, 3.8) is 0 Å². The van der Waals surface area contributed by atoms with Gasteiger partial charge in [-0.05, 0) is 39.3 Å². The van der Waals surface area contributed by atoms with Gasteiger partial charge < -0.3 is 10.0 Å². The summed E-state index contributed by atoms with van der Waals surface area (Å²) >= 11 is 1.90. The molecule has 0 heterocycles. The summed E-state index contributed by atoms with van der Waals surface area (Å²) < 4.78 is 0. The van der Waals surface area contributed by atoms with E-state index in [1.807, 2.05) is 11.8 Å². The van der Waals surface area contributed by atoms with Gasteiger partial charge in [0.2, 0.25) is 0 Å². The summed E-state index contributed by atoms with van der Waals surface area (Å²) in [6.07, 6.45) is 0.868. The maximum Gasteiger partial charge on any atom is 0.0443 e. The Labute approximate surface area is 115 Å². The number of nitrogens with zero attached hydrogens (tertiary/aromatic N) is 1. The van der Waals surface area contributed by atoms with Gasteiger partial charge in [0.15, 0.2) is 0 Å². The van der Waals surface area contributed by atoms with Crippen LogP contribution in [0.4, 0.5) is 0 Å². The minimum absolute atomic E-state index is 0.286. The van der Waals surface area contributed by atoms with Crippen LogP contribution in [0.1, 0.15) is 25.8 Å². The van der Waals surface area contributed by atoms with E-state index in [-0.39, 0.29) is 6.61 Å². The van der Waals surface area contributed by atoms with Crippen LogP contribution in [0.3, 0.4) is 0 Å². The molecule has 0 aliphatic heterocycles. The smallest absolute Gasteiger partial charge is 0.0443 e. The second kappa shape index (κ2) is 8.57. The molecule has 1 rings (SSSR count). The number of benzene rings is 1. The van der Waals surface area contributed by atoms with Crippen molar-refractivity contribution in [2.24, 2.45) is 0 Å². The Kier molecular flexibility index (Phi) is 7.40. The van der Waals surface area contributed by atoms with Crippen LogP contribution in [0.5, 0.6) is 0 Å². The van der Waals surface area contributed by atoms with E-state index in [1.54, 1.807) is 0 Å². The van der Waals surface area contributed by atoms with Gasteiger partial charge >= 0.3 is 0 Å². The van der Waals surface area contributed by atoms with Crippen molar-refractivity contribution in [3.8, 4) is 0 Å². The molecule has 0 saturated carbocycles. The van der Waals surface area contributed by atoms with Gasteiger partial charge in [-0.25, -0.2) is 0 Å². The minimum Gasteiger partial charge on any atom is -0.396 e. The van der Waals surface area contributed by atoms with Crippen molar-refractivity contribution < 1.29 is 5.11 Å². The number of thioether (sulfide) groups is 1. The third kappa shape index (κ3) is 5.89. The Hall–Kier alpha value is -0.510. The van der Waals surface area contributed by atoms with Crippen molar-refractivity contribution in [2.45, 2.75) is 38.1 Å². The van der Waals surface area contributed by atoms with E-state index in [2.05, 4.69) is 49.9 Å². The lowest BCUT2D eigenvalue weighted by Gasteiger charge is -2.25. The standard InChI is InChI=1S/C15H25NOS/c1-13(2)16(9-4-11-17)10-12-18-15-7-5-14(3)6-8-15/h5-8,13,17H,4,9-12H2,1-3H3. The van der Waals surface area contributed by atoms with Crippen molar-refractivity contribution in [1.82, 2.24) is 4.90 Å². The number of aryl methyl sites for hydroxylation is 1. The van der Waals surface area contributed by atoms with E-state index in [9.17, 15) is 0 Å². The van der Waals surface area contributed by atoms with Crippen LogP contribution in [-0.2, 0) is 0 Å². The first-order valence-electron chi connectivity index (χ1n) is 6.68. The Bertz CT molecular complexity index is 324. The third-order valence-corrected chi connectivity index (χ3v) is 3.99. The lowest BCUT2D eigenvalue weighted by Crippen LogP contribution is -2.34. The van der Waals surface area contributed by atoms with E-state index in [0.717, 1.165) is 25.3 Å². The zero-order valence-corrected chi connectivity index (χ0v) is 12.5. The van der Waals surface area contributed by atoms with Crippen LogP contribution >= 0.6 is 11.8 Å². The summed E-state index contributed by atoms with van der Waals surface area (Å²) in [5.74, 6) is 1.10. The van der Waals surface area contributed by atoms with Crippen LogP contribution in [0, 0.1) is 6.92 Å². The molecule has 1 N–H and O–H groups in total. The summed E-state index contributed by atoms with van der Waals surface area (Å²) in [7, 11) is 0. The molecule has 0 aliphatic rings. The highest BCUT2D eigenvalue weighted by atomic mass is 32.2. The summed E-state index contributed by atoms with van der Waals surface area (Å²) in [4.78, 5) is 3.77. The zero-order valence-electron chi connectivity index (χ0n) is 11.7. The molecule has 0 spiro atoms. The lowest BCUT2D eigenvalue weighted by molar-refractivity contribution is 0.201. The molecule has 0 fully saturated rings. The van der Waals surface area contributed by atoms with Gasteiger partial charge in [0.1, 0.15) is 0 Å². The first-order chi connectivity index (χ1) is 8.63. The number of hydrogen-bond donors (Lipinski definition) is 1. The van der Waals surface area contributed by atoms with E-state index < -0.39 is 0 Å². The molecule has 1 aromatic carbocycles. The molecule has 1 aromatic rings. The summed E-state index contributed by atoms with van der Waals surface area (Å²) in [6.45, 7) is 8.90. The first kappa shape index (κ1) is 15.5. The molecule has 2 nitrogen and oxygen atoms in total. The van der Waals surface area contributed by atoms with Crippen LogP contribution in [0.2, 0.25) is 0 Å². The van der Waals surface area contributed by atoms with Crippen LogP contribution in [0.15, 0.2) is 29.2 Å². The fraction of sp³-hybridized carbons (Fsp3) is 0.600. The van der Waals surface area contributed by atoms with Gasteiger partial charge in [-0.15, -0.1) is 11.8 Å². The molecule has 0 amide bonds. The van der Waals surface area contributed by atoms with E-state index >= 15 is 0 Å². The normalized spacial score (nSPS) is 11.4. The summed E-state index contributed by atoms with van der Waals surface area (Å²) in [5.41, 5.74) is 1.31. The van der Waals surface area contributed by atoms with Crippen molar-refractivity contribution >= 4 is 11.8 Å².